The molecule has 0 saturated carbocycles. The lowest BCUT2D eigenvalue weighted by molar-refractivity contribution is -0.152. The maximum atomic E-state index is 12.8. The molecule has 3 rings (SSSR count). The highest BCUT2D eigenvalue weighted by atomic mass is 19.4. The van der Waals surface area contributed by atoms with E-state index in [0.717, 1.165) is 17.7 Å². The van der Waals surface area contributed by atoms with Gasteiger partial charge < -0.3 is 19.9 Å². The summed E-state index contributed by atoms with van der Waals surface area (Å²) in [6.45, 7) is 6.36. The summed E-state index contributed by atoms with van der Waals surface area (Å²) in [6, 6.07) is 15.0. The maximum Gasteiger partial charge on any atom is 0.416 e. The monoisotopic (exact) mass is 501 g/mol. The van der Waals surface area contributed by atoms with Crippen LogP contribution in [-0.2, 0) is 17.5 Å². The number of carboxylic acid groups (broad SMARTS) is 1. The van der Waals surface area contributed by atoms with E-state index < -0.39 is 29.2 Å². The fourth-order valence-corrected chi connectivity index (χ4v) is 3.30. The molecule has 0 saturated heterocycles. The van der Waals surface area contributed by atoms with Crippen molar-refractivity contribution >= 4 is 11.9 Å². The normalized spacial score (nSPS) is 11.6. The smallest absolute Gasteiger partial charge is 0.416 e. The van der Waals surface area contributed by atoms with Crippen LogP contribution in [0.1, 0.15) is 46.5 Å². The maximum absolute atomic E-state index is 12.8. The molecule has 0 spiro atoms. The number of hydrogen-bond donors (Lipinski definition) is 2. The van der Waals surface area contributed by atoms with Gasteiger partial charge in [-0.15, -0.1) is 0 Å². The molecule has 0 aliphatic rings. The molecule has 6 nitrogen and oxygen atoms in total. The highest BCUT2D eigenvalue weighted by Gasteiger charge is 2.31. The van der Waals surface area contributed by atoms with Gasteiger partial charge in [0.05, 0.1) is 5.56 Å². The third-order valence-electron chi connectivity index (χ3n) is 5.44. The summed E-state index contributed by atoms with van der Waals surface area (Å²) < 4.78 is 49.9. The van der Waals surface area contributed by atoms with Gasteiger partial charge in [-0.1, -0.05) is 12.1 Å². The van der Waals surface area contributed by atoms with Crippen molar-refractivity contribution in [1.29, 1.82) is 0 Å². The van der Waals surface area contributed by atoms with Crippen molar-refractivity contribution in [2.24, 2.45) is 0 Å². The van der Waals surface area contributed by atoms with Crippen LogP contribution in [0, 0.1) is 13.8 Å². The molecule has 36 heavy (non-hydrogen) atoms. The number of alkyl halides is 3. The van der Waals surface area contributed by atoms with Crippen molar-refractivity contribution in [3.8, 4) is 17.2 Å². The molecule has 190 valence electrons. The van der Waals surface area contributed by atoms with Gasteiger partial charge in [-0.3, -0.25) is 4.79 Å². The van der Waals surface area contributed by atoms with E-state index in [0.29, 0.717) is 22.8 Å². The van der Waals surface area contributed by atoms with Crippen molar-refractivity contribution in [2.75, 3.05) is 0 Å². The summed E-state index contributed by atoms with van der Waals surface area (Å²) in [4.78, 5) is 23.7. The molecule has 0 aromatic heterocycles. The molecule has 0 fully saturated rings. The van der Waals surface area contributed by atoms with Gasteiger partial charge in [0.1, 0.15) is 17.2 Å². The summed E-state index contributed by atoms with van der Waals surface area (Å²) in [5, 5.41) is 11.9. The number of carboxylic acids is 1. The van der Waals surface area contributed by atoms with E-state index in [4.69, 9.17) is 9.47 Å². The van der Waals surface area contributed by atoms with E-state index in [1.807, 2.05) is 0 Å². The van der Waals surface area contributed by atoms with Gasteiger partial charge in [-0.05, 0) is 92.9 Å². The Morgan fingerprint density at radius 3 is 2.08 bits per heavy atom. The highest BCUT2D eigenvalue weighted by molar-refractivity contribution is 5.95. The number of aryl methyl sites for hydroxylation is 2. The molecule has 3 aromatic carbocycles. The molecule has 0 atom stereocenters. The summed E-state index contributed by atoms with van der Waals surface area (Å²) in [5.41, 5.74) is -0.268. The molecule has 0 bridgehead atoms. The first-order valence-electron chi connectivity index (χ1n) is 11.0. The Balaban J connectivity index is 1.59. The van der Waals surface area contributed by atoms with Crippen LogP contribution in [0.4, 0.5) is 13.2 Å². The fourth-order valence-electron chi connectivity index (χ4n) is 3.30. The van der Waals surface area contributed by atoms with Crippen LogP contribution >= 0.6 is 0 Å². The molecule has 0 radical (unpaired) electrons. The van der Waals surface area contributed by atoms with E-state index in [-0.39, 0.29) is 17.7 Å². The Hall–Kier alpha value is -4.01. The first-order chi connectivity index (χ1) is 16.8. The second-order valence-corrected chi connectivity index (χ2v) is 8.80. The number of amides is 1. The predicted octanol–water partition coefficient (Wildman–Crippen LogP) is 6.29. The number of aliphatic carboxylic acids is 1. The first kappa shape index (κ1) is 26.6. The minimum absolute atomic E-state index is 0.178. The molecule has 0 aliphatic heterocycles. The quantitative estimate of drug-likeness (QED) is 0.379. The molecule has 0 heterocycles. The topological polar surface area (TPSA) is 84.9 Å². The molecule has 2 N–H and O–H groups in total. The molecule has 0 aliphatic carbocycles. The van der Waals surface area contributed by atoms with E-state index in [2.05, 4.69) is 5.32 Å². The van der Waals surface area contributed by atoms with Gasteiger partial charge in [0.2, 0.25) is 0 Å². The van der Waals surface area contributed by atoms with Gasteiger partial charge in [0.25, 0.3) is 5.91 Å². The van der Waals surface area contributed by atoms with Crippen LogP contribution in [0.3, 0.4) is 0 Å². The van der Waals surface area contributed by atoms with Gasteiger partial charge >= 0.3 is 12.1 Å². The number of nitrogens with one attached hydrogen (secondary N) is 1. The van der Waals surface area contributed by atoms with Crippen molar-refractivity contribution < 1.29 is 37.3 Å². The second-order valence-electron chi connectivity index (χ2n) is 8.80. The second kappa shape index (κ2) is 10.3. The Bertz CT molecular complexity index is 1270. The van der Waals surface area contributed by atoms with Crippen LogP contribution in [0.5, 0.6) is 17.2 Å². The average molecular weight is 502 g/mol. The minimum atomic E-state index is -4.46. The zero-order valence-electron chi connectivity index (χ0n) is 20.2. The Morgan fingerprint density at radius 1 is 0.889 bits per heavy atom. The SMILES string of the molecule is Cc1cc(Oc2ccc(CNC(=O)c3ccc(C(F)(F)F)cc3C)cc2)ccc1OC(C)(C)C(=O)O. The van der Waals surface area contributed by atoms with E-state index >= 15 is 0 Å². The van der Waals surface area contributed by atoms with Gasteiger partial charge in [0.15, 0.2) is 5.60 Å². The molecule has 3 aromatic rings. The largest absolute Gasteiger partial charge is 0.478 e. The molecule has 1 amide bonds. The zero-order valence-corrected chi connectivity index (χ0v) is 20.2. The number of carbonyl (C=O) groups is 2. The molecule has 9 heteroatoms. The third-order valence-corrected chi connectivity index (χ3v) is 5.44. The van der Waals surface area contributed by atoms with Crippen molar-refractivity contribution in [1.82, 2.24) is 5.32 Å². The van der Waals surface area contributed by atoms with Crippen molar-refractivity contribution in [2.45, 2.75) is 46.0 Å². The molecular formula is C27H26F3NO5. The first-order valence-corrected chi connectivity index (χ1v) is 11.0. The van der Waals surface area contributed by atoms with E-state index in [1.165, 1.54) is 26.8 Å². The summed E-state index contributed by atoms with van der Waals surface area (Å²) in [7, 11) is 0. The number of ether oxygens (including phenoxy) is 2. The number of rotatable bonds is 8. The third kappa shape index (κ3) is 6.56. The van der Waals surface area contributed by atoms with Crippen LogP contribution in [0.25, 0.3) is 0 Å². The summed E-state index contributed by atoms with van der Waals surface area (Å²) in [5.74, 6) is -0.0306. The van der Waals surface area contributed by atoms with Gasteiger partial charge in [-0.2, -0.15) is 13.2 Å². The Labute approximate surface area is 206 Å². The molecular weight excluding hydrogens is 475 g/mol. The summed E-state index contributed by atoms with van der Waals surface area (Å²) >= 11 is 0. The average Bonchev–Trinajstić information content (AvgIpc) is 2.79. The lowest BCUT2D eigenvalue weighted by atomic mass is 10.0. The van der Waals surface area contributed by atoms with Crippen molar-refractivity contribution in [3.63, 3.8) is 0 Å². The van der Waals surface area contributed by atoms with Crippen molar-refractivity contribution in [3.05, 3.63) is 88.5 Å². The summed E-state index contributed by atoms with van der Waals surface area (Å²) in [6.07, 6.45) is -4.46. The zero-order chi connectivity index (χ0) is 26.7. The number of halogens is 3. The number of carbonyl (C=O) groups excluding carboxylic acids is 1. The fraction of sp³-hybridized carbons (Fsp3) is 0.259. The standard InChI is InChI=1S/C27H26F3NO5/c1-16-13-19(27(28,29)30)7-11-22(16)24(32)31-15-18-5-8-20(9-6-18)35-21-10-12-23(17(2)14-21)36-26(3,4)25(33)34/h5-14H,15H2,1-4H3,(H,31,32)(H,33,34). The number of benzene rings is 3. The van der Waals surface area contributed by atoms with Crippen LogP contribution in [0.15, 0.2) is 60.7 Å². The molecule has 0 unspecified atom stereocenters. The predicted molar refractivity (Wildman–Crippen MR) is 127 cm³/mol. The Kier molecular flexibility index (Phi) is 7.62. The van der Waals surface area contributed by atoms with E-state index in [1.54, 1.807) is 49.4 Å². The van der Waals surface area contributed by atoms with Gasteiger partial charge in [0, 0.05) is 12.1 Å². The number of hydrogen-bond acceptors (Lipinski definition) is 4. The lowest BCUT2D eigenvalue weighted by Gasteiger charge is -2.23. The lowest BCUT2D eigenvalue weighted by Crippen LogP contribution is -2.38. The minimum Gasteiger partial charge on any atom is -0.478 e. The Morgan fingerprint density at radius 2 is 1.53 bits per heavy atom. The van der Waals surface area contributed by atoms with Crippen LogP contribution < -0.4 is 14.8 Å². The highest BCUT2D eigenvalue weighted by Crippen LogP contribution is 2.31. The van der Waals surface area contributed by atoms with Gasteiger partial charge in [-0.25, -0.2) is 4.79 Å². The van der Waals surface area contributed by atoms with E-state index in [9.17, 15) is 27.9 Å². The van der Waals surface area contributed by atoms with Crippen LogP contribution in [-0.4, -0.2) is 22.6 Å². The van der Waals surface area contributed by atoms with Crippen LogP contribution in [0.2, 0.25) is 0 Å².